The van der Waals surface area contributed by atoms with Crippen LogP contribution in [0.25, 0.3) is 0 Å². The van der Waals surface area contributed by atoms with Crippen molar-refractivity contribution in [3.05, 3.63) is 41.5 Å². The lowest BCUT2D eigenvalue weighted by atomic mass is 10.0. The Morgan fingerprint density at radius 2 is 2.18 bits per heavy atom. The SMILES string of the molecule is COc1cc(F)ccc1O[C@@H]1CCN(Cc2cc3n(n2)CCCNC3)C[C@H]1O. The minimum absolute atomic E-state index is 0.336. The van der Waals surface area contributed by atoms with Gasteiger partial charge < -0.3 is 19.9 Å². The molecule has 1 saturated heterocycles. The van der Waals surface area contributed by atoms with Crippen LogP contribution in [0.3, 0.4) is 0 Å². The fourth-order valence-corrected chi connectivity index (χ4v) is 3.89. The van der Waals surface area contributed by atoms with Gasteiger partial charge in [0.15, 0.2) is 11.5 Å². The van der Waals surface area contributed by atoms with Crippen molar-refractivity contribution in [2.75, 3.05) is 26.7 Å². The Balaban J connectivity index is 1.35. The zero-order chi connectivity index (χ0) is 19.5. The lowest BCUT2D eigenvalue weighted by Gasteiger charge is -2.35. The zero-order valence-corrected chi connectivity index (χ0v) is 16.1. The van der Waals surface area contributed by atoms with E-state index in [0.29, 0.717) is 31.0 Å². The van der Waals surface area contributed by atoms with Crippen LogP contribution in [0.1, 0.15) is 24.2 Å². The molecule has 1 aromatic heterocycles. The van der Waals surface area contributed by atoms with Crippen molar-refractivity contribution in [2.24, 2.45) is 0 Å². The summed E-state index contributed by atoms with van der Waals surface area (Å²) in [6, 6.07) is 6.31. The number of fused-ring (bicyclic) bond motifs is 1. The molecule has 0 bridgehead atoms. The normalized spacial score (nSPS) is 23.1. The molecular formula is C20H27FN4O3. The Morgan fingerprint density at radius 1 is 1.29 bits per heavy atom. The number of hydrogen-bond acceptors (Lipinski definition) is 6. The van der Waals surface area contributed by atoms with Crippen LogP contribution in [0.4, 0.5) is 4.39 Å². The highest BCUT2D eigenvalue weighted by atomic mass is 19.1. The topological polar surface area (TPSA) is 71.8 Å². The zero-order valence-electron chi connectivity index (χ0n) is 16.1. The van der Waals surface area contributed by atoms with Gasteiger partial charge in [0.25, 0.3) is 0 Å². The second kappa shape index (κ2) is 8.46. The molecule has 28 heavy (non-hydrogen) atoms. The van der Waals surface area contributed by atoms with E-state index in [4.69, 9.17) is 14.6 Å². The largest absolute Gasteiger partial charge is 0.493 e. The van der Waals surface area contributed by atoms with E-state index in [-0.39, 0.29) is 11.9 Å². The van der Waals surface area contributed by atoms with E-state index in [1.54, 1.807) is 6.07 Å². The van der Waals surface area contributed by atoms with E-state index in [0.717, 1.165) is 38.3 Å². The Bertz CT molecular complexity index is 789. The molecule has 0 radical (unpaired) electrons. The molecule has 0 amide bonds. The van der Waals surface area contributed by atoms with Gasteiger partial charge in [0.1, 0.15) is 18.0 Å². The average molecular weight is 390 g/mol. The van der Waals surface area contributed by atoms with E-state index in [2.05, 4.69) is 21.0 Å². The van der Waals surface area contributed by atoms with Crippen LogP contribution < -0.4 is 14.8 Å². The highest BCUT2D eigenvalue weighted by Crippen LogP contribution is 2.30. The number of rotatable bonds is 5. The smallest absolute Gasteiger partial charge is 0.163 e. The molecule has 0 aliphatic carbocycles. The summed E-state index contributed by atoms with van der Waals surface area (Å²) in [5.74, 6) is 0.405. The van der Waals surface area contributed by atoms with Gasteiger partial charge in [-0.25, -0.2) is 4.39 Å². The lowest BCUT2D eigenvalue weighted by Crippen LogP contribution is -2.48. The fraction of sp³-hybridized carbons (Fsp3) is 0.550. The summed E-state index contributed by atoms with van der Waals surface area (Å²) < 4.78 is 26.5. The van der Waals surface area contributed by atoms with Gasteiger partial charge >= 0.3 is 0 Å². The Morgan fingerprint density at radius 3 is 3.00 bits per heavy atom. The number of aromatic nitrogens is 2. The molecule has 2 aliphatic heterocycles. The minimum Gasteiger partial charge on any atom is -0.493 e. The Labute approximate surface area is 164 Å². The molecule has 7 nitrogen and oxygen atoms in total. The number of methoxy groups -OCH3 is 1. The number of aliphatic hydroxyl groups excluding tert-OH is 1. The number of aryl methyl sites for hydroxylation is 1. The quantitative estimate of drug-likeness (QED) is 0.807. The second-order valence-corrected chi connectivity index (χ2v) is 7.42. The number of nitrogens with zero attached hydrogens (tertiary/aromatic N) is 3. The van der Waals surface area contributed by atoms with Crippen molar-refractivity contribution in [1.29, 1.82) is 0 Å². The van der Waals surface area contributed by atoms with Gasteiger partial charge in [0, 0.05) is 38.8 Å². The molecule has 4 rings (SSSR count). The minimum atomic E-state index is -0.634. The van der Waals surface area contributed by atoms with E-state index in [9.17, 15) is 9.50 Å². The van der Waals surface area contributed by atoms with Crippen LogP contribution in [0.5, 0.6) is 11.5 Å². The summed E-state index contributed by atoms with van der Waals surface area (Å²) >= 11 is 0. The number of β-amino-alcohol motifs (C(OH)–C–C–N with tert-alkyl or cyclic N) is 1. The molecule has 8 heteroatoms. The van der Waals surface area contributed by atoms with Crippen molar-refractivity contribution >= 4 is 0 Å². The highest BCUT2D eigenvalue weighted by Gasteiger charge is 2.30. The summed E-state index contributed by atoms with van der Waals surface area (Å²) in [5, 5.41) is 18.7. The van der Waals surface area contributed by atoms with Crippen molar-refractivity contribution in [3.8, 4) is 11.5 Å². The number of piperidine rings is 1. The third-order valence-corrected chi connectivity index (χ3v) is 5.34. The number of benzene rings is 1. The first-order chi connectivity index (χ1) is 13.6. The first-order valence-corrected chi connectivity index (χ1v) is 9.79. The second-order valence-electron chi connectivity index (χ2n) is 7.42. The standard InChI is InChI=1S/C20H27FN4O3/c1-27-20-9-14(21)3-4-19(20)28-18-5-8-24(13-17(18)26)12-15-10-16-11-22-6-2-7-25(16)23-15/h3-4,9-10,17-18,22,26H,2,5-8,11-13H2,1H3/t17-,18-/m1/s1. The first kappa shape index (κ1) is 19.2. The van der Waals surface area contributed by atoms with Gasteiger partial charge in [-0.2, -0.15) is 5.10 Å². The van der Waals surface area contributed by atoms with Crippen molar-refractivity contribution in [1.82, 2.24) is 20.0 Å². The van der Waals surface area contributed by atoms with E-state index in [1.165, 1.54) is 24.9 Å². The van der Waals surface area contributed by atoms with Crippen molar-refractivity contribution in [3.63, 3.8) is 0 Å². The predicted octanol–water partition coefficient (Wildman–Crippen LogP) is 1.54. The van der Waals surface area contributed by atoms with Crippen LogP contribution in [-0.4, -0.2) is 58.7 Å². The number of ether oxygens (including phenoxy) is 2. The van der Waals surface area contributed by atoms with E-state index in [1.807, 2.05) is 0 Å². The molecule has 2 aromatic rings. The third kappa shape index (κ3) is 4.29. The molecule has 1 aromatic carbocycles. The third-order valence-electron chi connectivity index (χ3n) is 5.34. The van der Waals surface area contributed by atoms with Gasteiger partial charge in [-0.3, -0.25) is 9.58 Å². The van der Waals surface area contributed by atoms with Gasteiger partial charge in [0.05, 0.1) is 18.5 Å². The molecule has 2 aliphatic rings. The average Bonchev–Trinajstić information content (AvgIpc) is 2.93. The van der Waals surface area contributed by atoms with Gasteiger partial charge in [-0.1, -0.05) is 0 Å². The summed E-state index contributed by atoms with van der Waals surface area (Å²) in [6.07, 6.45) is 0.781. The number of nitrogens with one attached hydrogen (secondary N) is 1. The van der Waals surface area contributed by atoms with Crippen LogP contribution in [0.2, 0.25) is 0 Å². The molecule has 2 atom stereocenters. The molecule has 2 N–H and O–H groups in total. The number of likely N-dealkylation sites (tertiary alicyclic amines) is 1. The molecule has 152 valence electrons. The molecule has 0 unspecified atom stereocenters. The number of aliphatic hydroxyl groups is 1. The maximum Gasteiger partial charge on any atom is 0.163 e. The Hall–Kier alpha value is -2.16. The summed E-state index contributed by atoms with van der Waals surface area (Å²) in [5.41, 5.74) is 2.25. The fourth-order valence-electron chi connectivity index (χ4n) is 3.89. The molecular weight excluding hydrogens is 363 g/mol. The van der Waals surface area contributed by atoms with Crippen molar-refractivity contribution in [2.45, 2.75) is 44.7 Å². The lowest BCUT2D eigenvalue weighted by molar-refractivity contribution is -0.0286. The number of hydrogen-bond donors (Lipinski definition) is 2. The maximum atomic E-state index is 13.4. The highest BCUT2D eigenvalue weighted by molar-refractivity contribution is 5.40. The summed E-state index contributed by atoms with van der Waals surface area (Å²) in [7, 11) is 1.47. The summed E-state index contributed by atoms with van der Waals surface area (Å²) in [6.45, 7) is 4.84. The molecule has 1 fully saturated rings. The molecule has 0 spiro atoms. The monoisotopic (exact) mass is 390 g/mol. The molecule has 3 heterocycles. The van der Waals surface area contributed by atoms with Gasteiger partial charge in [-0.05, 0) is 37.6 Å². The maximum absolute atomic E-state index is 13.4. The van der Waals surface area contributed by atoms with Crippen LogP contribution >= 0.6 is 0 Å². The van der Waals surface area contributed by atoms with Gasteiger partial charge in [-0.15, -0.1) is 0 Å². The Kier molecular flexibility index (Phi) is 5.79. The van der Waals surface area contributed by atoms with Crippen LogP contribution in [-0.2, 0) is 19.6 Å². The summed E-state index contributed by atoms with van der Waals surface area (Å²) in [4.78, 5) is 2.20. The van der Waals surface area contributed by atoms with E-state index < -0.39 is 6.10 Å². The van der Waals surface area contributed by atoms with Gasteiger partial charge in [0.2, 0.25) is 0 Å². The van der Waals surface area contributed by atoms with Crippen LogP contribution in [0, 0.1) is 5.82 Å². The predicted molar refractivity (Wildman–Crippen MR) is 102 cm³/mol. The van der Waals surface area contributed by atoms with Crippen molar-refractivity contribution < 1.29 is 19.0 Å². The molecule has 0 saturated carbocycles. The number of halogens is 1. The first-order valence-electron chi connectivity index (χ1n) is 9.79. The van der Waals surface area contributed by atoms with E-state index >= 15 is 0 Å². The van der Waals surface area contributed by atoms with Crippen LogP contribution in [0.15, 0.2) is 24.3 Å².